The number of hydrogen-bond donors (Lipinski definition) is 0. The van der Waals surface area contributed by atoms with Gasteiger partial charge in [-0.2, -0.15) is 0 Å². The van der Waals surface area contributed by atoms with Gasteiger partial charge in [-0.05, 0) is 25.0 Å². The Morgan fingerprint density at radius 3 is 2.50 bits per heavy atom. The summed E-state index contributed by atoms with van der Waals surface area (Å²) in [4.78, 5) is 13.2. The topological polar surface area (TPSA) is 17.1 Å². The van der Waals surface area contributed by atoms with Crippen molar-refractivity contribution >= 4 is 29.1 Å². The van der Waals surface area contributed by atoms with Crippen LogP contribution in [0.2, 0.25) is 5.02 Å². The highest BCUT2D eigenvalue weighted by atomic mass is 35.5. The molecule has 0 N–H and O–H groups in total. The Kier molecular flexibility index (Phi) is 5.58. The van der Waals surface area contributed by atoms with Gasteiger partial charge in [0.1, 0.15) is 5.78 Å². The first-order valence-corrected chi connectivity index (χ1v) is 8.04. The standard InChI is InChI=1S/C15H19ClOS/c16-13-9-5-6-10-15(13)18-11-14(17)12-7-3-1-2-4-8-12/h5-6,9-10,12H,1-4,7-8,11H2. The van der Waals surface area contributed by atoms with Gasteiger partial charge in [0.15, 0.2) is 0 Å². The minimum atomic E-state index is 0.294. The van der Waals surface area contributed by atoms with Gasteiger partial charge in [-0.25, -0.2) is 0 Å². The molecule has 0 amide bonds. The van der Waals surface area contributed by atoms with Crippen molar-refractivity contribution < 1.29 is 4.79 Å². The molecule has 2 rings (SSSR count). The van der Waals surface area contributed by atoms with Gasteiger partial charge in [-0.3, -0.25) is 4.79 Å². The summed E-state index contributed by atoms with van der Waals surface area (Å²) in [6.07, 6.45) is 7.19. The number of carbonyl (C=O) groups is 1. The van der Waals surface area contributed by atoms with Crippen LogP contribution in [0.5, 0.6) is 0 Å². The van der Waals surface area contributed by atoms with E-state index >= 15 is 0 Å². The maximum Gasteiger partial charge on any atom is 0.146 e. The molecule has 1 nitrogen and oxygen atoms in total. The van der Waals surface area contributed by atoms with Crippen molar-refractivity contribution in [1.29, 1.82) is 0 Å². The summed E-state index contributed by atoms with van der Waals surface area (Å²) in [6.45, 7) is 0. The van der Waals surface area contributed by atoms with E-state index in [1.807, 2.05) is 24.3 Å². The number of halogens is 1. The Bertz CT molecular complexity index is 397. The second kappa shape index (κ2) is 7.20. The van der Waals surface area contributed by atoms with E-state index in [0.717, 1.165) is 22.8 Å². The second-order valence-electron chi connectivity index (χ2n) is 4.87. The van der Waals surface area contributed by atoms with E-state index in [4.69, 9.17) is 11.6 Å². The monoisotopic (exact) mass is 282 g/mol. The van der Waals surface area contributed by atoms with Crippen LogP contribution in [0.1, 0.15) is 38.5 Å². The van der Waals surface area contributed by atoms with Crippen molar-refractivity contribution in [2.45, 2.75) is 43.4 Å². The third-order valence-electron chi connectivity index (χ3n) is 3.52. The van der Waals surface area contributed by atoms with Crippen molar-refractivity contribution in [3.63, 3.8) is 0 Å². The highest BCUT2D eigenvalue weighted by Gasteiger charge is 2.20. The Morgan fingerprint density at radius 1 is 1.17 bits per heavy atom. The van der Waals surface area contributed by atoms with Gasteiger partial charge < -0.3 is 0 Å². The minimum Gasteiger partial charge on any atom is -0.298 e. The number of Topliss-reactive ketones (excluding diaryl/α,β-unsaturated/α-hetero) is 1. The predicted octanol–water partition coefficient (Wildman–Crippen LogP) is 4.97. The van der Waals surface area contributed by atoms with Crippen molar-refractivity contribution in [1.82, 2.24) is 0 Å². The maximum atomic E-state index is 12.2. The van der Waals surface area contributed by atoms with Crippen LogP contribution in [0.15, 0.2) is 29.2 Å². The van der Waals surface area contributed by atoms with Crippen molar-refractivity contribution in [2.75, 3.05) is 5.75 Å². The molecular formula is C15H19ClOS. The van der Waals surface area contributed by atoms with Gasteiger partial charge in [0.25, 0.3) is 0 Å². The molecule has 0 spiro atoms. The number of rotatable bonds is 4. The first kappa shape index (κ1) is 14.0. The van der Waals surface area contributed by atoms with E-state index in [2.05, 4.69) is 0 Å². The lowest BCUT2D eigenvalue weighted by atomic mass is 9.96. The average Bonchev–Trinajstić information content (AvgIpc) is 2.66. The molecule has 0 bridgehead atoms. The Labute approximate surface area is 118 Å². The zero-order valence-corrected chi connectivity index (χ0v) is 12.1. The third kappa shape index (κ3) is 4.03. The van der Waals surface area contributed by atoms with Gasteiger partial charge >= 0.3 is 0 Å². The molecular weight excluding hydrogens is 264 g/mol. The quantitative estimate of drug-likeness (QED) is 0.573. The average molecular weight is 283 g/mol. The molecule has 3 heteroatoms. The minimum absolute atomic E-state index is 0.294. The SMILES string of the molecule is O=C(CSc1ccccc1Cl)C1CCCCCC1. The molecule has 1 aliphatic carbocycles. The highest BCUT2D eigenvalue weighted by molar-refractivity contribution is 8.00. The fourth-order valence-corrected chi connectivity index (χ4v) is 3.64. The largest absolute Gasteiger partial charge is 0.298 e. The summed E-state index contributed by atoms with van der Waals surface area (Å²) in [6, 6.07) is 7.73. The molecule has 0 atom stereocenters. The molecule has 98 valence electrons. The van der Waals surface area contributed by atoms with Gasteiger partial charge in [-0.1, -0.05) is 49.4 Å². The lowest BCUT2D eigenvalue weighted by molar-refractivity contribution is -0.120. The van der Waals surface area contributed by atoms with E-state index in [1.54, 1.807) is 11.8 Å². The first-order valence-electron chi connectivity index (χ1n) is 6.67. The lowest BCUT2D eigenvalue weighted by Gasteiger charge is -2.12. The van der Waals surface area contributed by atoms with E-state index in [-0.39, 0.29) is 0 Å². The first-order chi connectivity index (χ1) is 8.77. The van der Waals surface area contributed by atoms with Crippen LogP contribution in [0.25, 0.3) is 0 Å². The Morgan fingerprint density at radius 2 is 1.83 bits per heavy atom. The fraction of sp³-hybridized carbons (Fsp3) is 0.533. The van der Waals surface area contributed by atoms with E-state index in [0.29, 0.717) is 17.5 Å². The molecule has 1 aromatic carbocycles. The van der Waals surface area contributed by atoms with Crippen LogP contribution in [0, 0.1) is 5.92 Å². The fourth-order valence-electron chi connectivity index (χ4n) is 2.43. The van der Waals surface area contributed by atoms with Crippen LogP contribution in [0.3, 0.4) is 0 Å². The molecule has 0 radical (unpaired) electrons. The van der Waals surface area contributed by atoms with Crippen LogP contribution in [-0.2, 0) is 4.79 Å². The summed E-state index contributed by atoms with van der Waals surface area (Å²) in [5.74, 6) is 1.26. The molecule has 0 unspecified atom stereocenters. The van der Waals surface area contributed by atoms with Crippen molar-refractivity contribution in [3.8, 4) is 0 Å². The van der Waals surface area contributed by atoms with Crippen LogP contribution >= 0.6 is 23.4 Å². The van der Waals surface area contributed by atoms with Crippen LogP contribution in [-0.4, -0.2) is 11.5 Å². The Hall–Kier alpha value is -0.470. The summed E-state index contributed by atoms with van der Waals surface area (Å²) in [7, 11) is 0. The number of carbonyl (C=O) groups excluding carboxylic acids is 1. The van der Waals surface area contributed by atoms with E-state index in [9.17, 15) is 4.79 Å². The molecule has 0 saturated heterocycles. The molecule has 1 saturated carbocycles. The normalized spacial score (nSPS) is 17.4. The lowest BCUT2D eigenvalue weighted by Crippen LogP contribution is -2.15. The van der Waals surface area contributed by atoms with E-state index < -0.39 is 0 Å². The number of thioether (sulfide) groups is 1. The third-order valence-corrected chi connectivity index (χ3v) is 5.05. The van der Waals surface area contributed by atoms with E-state index in [1.165, 1.54) is 25.7 Å². The molecule has 0 heterocycles. The summed E-state index contributed by atoms with van der Waals surface area (Å²) < 4.78 is 0. The van der Waals surface area contributed by atoms with Crippen molar-refractivity contribution in [3.05, 3.63) is 29.3 Å². The van der Waals surface area contributed by atoms with Gasteiger partial charge in [0.2, 0.25) is 0 Å². The second-order valence-corrected chi connectivity index (χ2v) is 6.30. The zero-order chi connectivity index (χ0) is 12.8. The molecule has 1 aliphatic rings. The predicted molar refractivity (Wildman–Crippen MR) is 78.4 cm³/mol. The van der Waals surface area contributed by atoms with Gasteiger partial charge in [0.05, 0.1) is 10.8 Å². The summed E-state index contributed by atoms with van der Waals surface area (Å²) in [5.41, 5.74) is 0. The maximum absolute atomic E-state index is 12.2. The summed E-state index contributed by atoms with van der Waals surface area (Å²) >= 11 is 7.66. The molecule has 1 fully saturated rings. The van der Waals surface area contributed by atoms with Crippen LogP contribution in [0.4, 0.5) is 0 Å². The molecule has 0 aromatic heterocycles. The number of ketones is 1. The van der Waals surface area contributed by atoms with Crippen molar-refractivity contribution in [2.24, 2.45) is 5.92 Å². The molecule has 18 heavy (non-hydrogen) atoms. The number of hydrogen-bond acceptors (Lipinski definition) is 2. The number of benzene rings is 1. The van der Waals surface area contributed by atoms with Gasteiger partial charge in [-0.15, -0.1) is 11.8 Å². The Balaban J connectivity index is 1.86. The van der Waals surface area contributed by atoms with Crippen LogP contribution < -0.4 is 0 Å². The highest BCUT2D eigenvalue weighted by Crippen LogP contribution is 2.29. The molecule has 1 aromatic rings. The smallest absolute Gasteiger partial charge is 0.146 e. The van der Waals surface area contributed by atoms with Gasteiger partial charge in [0, 0.05) is 10.8 Å². The zero-order valence-electron chi connectivity index (χ0n) is 10.5. The molecule has 0 aliphatic heterocycles. The summed E-state index contributed by atoms with van der Waals surface area (Å²) in [5, 5.41) is 0.746.